The standard InChI is InChI=1S/C15H14BrF5N4S/c1-8-12(16)13(15(19,20)21)24-25(8)6-2-5-22-14(26)23-11-4-3-9(17)7-10(11)18/h3-4,7H,2,5-6H2,1H3,(H2,22,23,26). The first-order chi connectivity index (χ1) is 12.1. The Morgan fingerprint density at radius 2 is 2.00 bits per heavy atom. The second kappa shape index (κ2) is 8.30. The van der Waals surface area contributed by atoms with Gasteiger partial charge >= 0.3 is 6.18 Å². The van der Waals surface area contributed by atoms with Crippen LogP contribution in [0.2, 0.25) is 0 Å². The molecule has 0 saturated carbocycles. The van der Waals surface area contributed by atoms with E-state index >= 15 is 0 Å². The van der Waals surface area contributed by atoms with Crippen LogP contribution in [0.25, 0.3) is 0 Å². The Balaban J connectivity index is 1.84. The number of nitrogens with one attached hydrogen (secondary N) is 2. The first-order valence-electron chi connectivity index (χ1n) is 7.39. The Kier molecular flexibility index (Phi) is 6.56. The number of aryl methyl sites for hydroxylation is 1. The Hall–Kier alpha value is -1.75. The highest BCUT2D eigenvalue weighted by Crippen LogP contribution is 2.35. The van der Waals surface area contributed by atoms with Gasteiger partial charge in [0.1, 0.15) is 11.6 Å². The van der Waals surface area contributed by atoms with Gasteiger partial charge in [0.15, 0.2) is 10.8 Å². The maximum atomic E-state index is 13.5. The van der Waals surface area contributed by atoms with E-state index in [0.717, 1.165) is 12.1 Å². The van der Waals surface area contributed by atoms with Crippen LogP contribution in [0, 0.1) is 18.6 Å². The van der Waals surface area contributed by atoms with E-state index < -0.39 is 23.5 Å². The number of benzene rings is 1. The van der Waals surface area contributed by atoms with Gasteiger partial charge in [-0.3, -0.25) is 4.68 Å². The fraction of sp³-hybridized carbons (Fsp3) is 0.333. The lowest BCUT2D eigenvalue weighted by Crippen LogP contribution is -2.30. The number of aromatic nitrogens is 2. The van der Waals surface area contributed by atoms with E-state index in [4.69, 9.17) is 12.2 Å². The monoisotopic (exact) mass is 456 g/mol. The molecular weight excluding hydrogens is 443 g/mol. The van der Waals surface area contributed by atoms with Gasteiger partial charge in [-0.25, -0.2) is 8.78 Å². The number of alkyl halides is 3. The Morgan fingerprint density at radius 3 is 2.58 bits per heavy atom. The lowest BCUT2D eigenvalue weighted by Gasteiger charge is -2.11. The highest BCUT2D eigenvalue weighted by atomic mass is 79.9. The molecule has 0 unspecified atom stereocenters. The molecule has 0 saturated heterocycles. The third-order valence-corrected chi connectivity index (χ3v) is 4.61. The van der Waals surface area contributed by atoms with Gasteiger partial charge in [-0.15, -0.1) is 0 Å². The first-order valence-corrected chi connectivity index (χ1v) is 8.59. The lowest BCUT2D eigenvalue weighted by atomic mass is 10.3. The zero-order valence-corrected chi connectivity index (χ0v) is 15.8. The predicted octanol–water partition coefficient (Wildman–Crippen LogP) is 4.63. The van der Waals surface area contributed by atoms with Crippen molar-refractivity contribution in [2.75, 3.05) is 11.9 Å². The van der Waals surface area contributed by atoms with Crippen LogP contribution >= 0.6 is 28.1 Å². The molecule has 0 atom stereocenters. The average Bonchev–Trinajstić information content (AvgIpc) is 2.82. The van der Waals surface area contributed by atoms with Crippen LogP contribution in [0.4, 0.5) is 27.6 Å². The molecule has 1 aromatic carbocycles. The number of hydrogen-bond donors (Lipinski definition) is 2. The Labute approximate surface area is 159 Å². The van der Waals surface area contributed by atoms with Crippen molar-refractivity contribution in [3.05, 3.63) is 45.7 Å². The molecule has 2 rings (SSSR count). The summed E-state index contributed by atoms with van der Waals surface area (Å²) in [6.45, 7) is 2.09. The number of anilines is 1. The number of thiocarbonyl (C=S) groups is 1. The maximum Gasteiger partial charge on any atom is 0.436 e. The van der Waals surface area contributed by atoms with Crippen molar-refractivity contribution in [1.82, 2.24) is 15.1 Å². The van der Waals surface area contributed by atoms with Crippen molar-refractivity contribution >= 4 is 38.9 Å². The summed E-state index contributed by atoms with van der Waals surface area (Å²) in [5.74, 6) is -1.49. The molecule has 1 aromatic heterocycles. The van der Waals surface area contributed by atoms with Crippen molar-refractivity contribution < 1.29 is 22.0 Å². The van der Waals surface area contributed by atoms with E-state index in [9.17, 15) is 22.0 Å². The summed E-state index contributed by atoms with van der Waals surface area (Å²) in [5, 5.41) is 9.06. The van der Waals surface area contributed by atoms with Crippen LogP contribution in [-0.4, -0.2) is 21.4 Å². The lowest BCUT2D eigenvalue weighted by molar-refractivity contribution is -0.142. The fourth-order valence-corrected chi connectivity index (χ4v) is 2.83. The van der Waals surface area contributed by atoms with Gasteiger partial charge in [-0.1, -0.05) is 0 Å². The van der Waals surface area contributed by atoms with Gasteiger partial charge in [0.25, 0.3) is 0 Å². The van der Waals surface area contributed by atoms with E-state index in [2.05, 4.69) is 31.7 Å². The summed E-state index contributed by atoms with van der Waals surface area (Å²) >= 11 is 7.90. The number of rotatable bonds is 5. The van der Waals surface area contributed by atoms with Gasteiger partial charge in [-0.2, -0.15) is 18.3 Å². The minimum Gasteiger partial charge on any atom is -0.362 e. The summed E-state index contributed by atoms with van der Waals surface area (Å²) < 4.78 is 65.9. The van der Waals surface area contributed by atoms with Crippen molar-refractivity contribution in [3.8, 4) is 0 Å². The van der Waals surface area contributed by atoms with E-state index in [1.807, 2.05) is 0 Å². The van der Waals surface area contributed by atoms with Gasteiger partial charge in [0, 0.05) is 19.2 Å². The molecule has 0 aliphatic rings. The molecule has 0 spiro atoms. The summed E-state index contributed by atoms with van der Waals surface area (Å²) in [4.78, 5) is 0. The third-order valence-electron chi connectivity index (χ3n) is 3.41. The Morgan fingerprint density at radius 1 is 1.31 bits per heavy atom. The van der Waals surface area contributed by atoms with E-state index in [0.29, 0.717) is 18.7 Å². The minimum atomic E-state index is -4.53. The maximum absolute atomic E-state index is 13.5. The molecule has 4 nitrogen and oxygen atoms in total. The van der Waals surface area contributed by atoms with E-state index in [1.165, 1.54) is 17.7 Å². The van der Waals surface area contributed by atoms with Gasteiger partial charge in [0.2, 0.25) is 0 Å². The van der Waals surface area contributed by atoms with E-state index in [-0.39, 0.29) is 21.8 Å². The smallest absolute Gasteiger partial charge is 0.362 e. The minimum absolute atomic E-state index is 0.0190. The summed E-state index contributed by atoms with van der Waals surface area (Å²) in [6, 6.07) is 3.02. The number of nitrogens with zero attached hydrogens (tertiary/aromatic N) is 2. The van der Waals surface area contributed by atoms with Crippen LogP contribution in [0.15, 0.2) is 22.7 Å². The summed E-state index contributed by atoms with van der Waals surface area (Å²) in [7, 11) is 0. The molecule has 0 aliphatic carbocycles. The SMILES string of the molecule is Cc1c(Br)c(C(F)(F)F)nn1CCCNC(=S)Nc1ccc(F)cc1F. The Bertz CT molecular complexity index is 806. The fourth-order valence-electron chi connectivity index (χ4n) is 2.11. The van der Waals surface area contributed by atoms with Crippen LogP contribution in [0.1, 0.15) is 17.8 Å². The van der Waals surface area contributed by atoms with Crippen molar-refractivity contribution in [1.29, 1.82) is 0 Å². The second-order valence-corrected chi connectivity index (χ2v) is 6.53. The molecule has 1 heterocycles. The zero-order valence-electron chi connectivity index (χ0n) is 13.4. The van der Waals surface area contributed by atoms with Crippen molar-refractivity contribution in [2.45, 2.75) is 26.1 Å². The molecule has 2 aromatic rings. The van der Waals surface area contributed by atoms with Gasteiger partial charge in [0.05, 0.1) is 15.9 Å². The predicted molar refractivity (Wildman–Crippen MR) is 94.9 cm³/mol. The largest absolute Gasteiger partial charge is 0.436 e. The number of hydrogen-bond acceptors (Lipinski definition) is 2. The van der Waals surface area contributed by atoms with Crippen LogP contribution in [-0.2, 0) is 12.7 Å². The summed E-state index contributed by atoms with van der Waals surface area (Å²) in [5.41, 5.74) is -0.580. The van der Waals surface area contributed by atoms with Crippen molar-refractivity contribution in [3.63, 3.8) is 0 Å². The van der Waals surface area contributed by atoms with Crippen LogP contribution < -0.4 is 10.6 Å². The third kappa shape index (κ3) is 5.13. The summed E-state index contributed by atoms with van der Waals surface area (Å²) in [6.07, 6.45) is -4.10. The van der Waals surface area contributed by atoms with Gasteiger partial charge < -0.3 is 10.6 Å². The quantitative estimate of drug-likeness (QED) is 0.391. The topological polar surface area (TPSA) is 41.9 Å². The molecule has 142 valence electrons. The zero-order chi connectivity index (χ0) is 19.5. The second-order valence-electron chi connectivity index (χ2n) is 5.33. The van der Waals surface area contributed by atoms with Gasteiger partial charge in [-0.05, 0) is 53.6 Å². The molecule has 0 amide bonds. The highest BCUT2D eigenvalue weighted by molar-refractivity contribution is 9.10. The normalized spacial score (nSPS) is 11.5. The number of halogens is 6. The molecule has 2 N–H and O–H groups in total. The molecule has 0 fully saturated rings. The molecular formula is C15H14BrF5N4S. The highest BCUT2D eigenvalue weighted by Gasteiger charge is 2.37. The van der Waals surface area contributed by atoms with Crippen molar-refractivity contribution in [2.24, 2.45) is 0 Å². The van der Waals surface area contributed by atoms with Crippen LogP contribution in [0.5, 0.6) is 0 Å². The average molecular weight is 457 g/mol. The molecule has 0 radical (unpaired) electrons. The molecule has 11 heteroatoms. The molecule has 26 heavy (non-hydrogen) atoms. The van der Waals surface area contributed by atoms with Crippen LogP contribution in [0.3, 0.4) is 0 Å². The van der Waals surface area contributed by atoms with E-state index in [1.54, 1.807) is 0 Å². The molecule has 0 aliphatic heterocycles. The first kappa shape index (κ1) is 20.6. The molecule has 0 bridgehead atoms.